The number of rotatable bonds is 30. The van der Waals surface area contributed by atoms with Crippen LogP contribution in [0.1, 0.15) is 155 Å². The molecule has 0 spiro atoms. The van der Waals surface area contributed by atoms with Crippen LogP contribution in [0, 0.1) is 0 Å². The SMILES string of the molecule is CCCCCCCCCCCCCC(O)C(=O)NC(COC1OC(CO)C(O)C(O)C1O)C(O)C(O)CCCCCCCCCCC. The third-order valence-corrected chi connectivity index (χ3v) is 9.41. The normalized spacial score (nSPS) is 24.1. The Morgan fingerprint density at radius 3 is 1.57 bits per heavy atom. The lowest BCUT2D eigenvalue weighted by atomic mass is 9.98. The van der Waals surface area contributed by atoms with E-state index < -0.39 is 74.2 Å². The summed E-state index contributed by atoms with van der Waals surface area (Å²) in [6.07, 6.45) is 11.8. The maximum absolute atomic E-state index is 12.9. The van der Waals surface area contributed by atoms with Gasteiger partial charge in [-0.05, 0) is 12.8 Å². The lowest BCUT2D eigenvalue weighted by Gasteiger charge is -2.40. The Labute approximate surface area is 284 Å². The Balaban J connectivity index is 2.59. The van der Waals surface area contributed by atoms with Crippen molar-refractivity contribution < 1.29 is 50.0 Å². The van der Waals surface area contributed by atoms with Gasteiger partial charge in [-0.1, -0.05) is 142 Å². The maximum atomic E-state index is 12.9. The van der Waals surface area contributed by atoms with Crippen molar-refractivity contribution in [3.8, 4) is 0 Å². The first kappa shape index (κ1) is 44.1. The lowest BCUT2D eigenvalue weighted by molar-refractivity contribution is -0.303. The van der Waals surface area contributed by atoms with Gasteiger partial charge in [0.1, 0.15) is 36.6 Å². The summed E-state index contributed by atoms with van der Waals surface area (Å²) < 4.78 is 11.0. The zero-order chi connectivity index (χ0) is 34.9. The fourth-order valence-corrected chi connectivity index (χ4v) is 6.14. The molecule has 1 amide bonds. The Kier molecular flexibility index (Phi) is 26.2. The molecular formula is C36H71NO10. The van der Waals surface area contributed by atoms with Gasteiger partial charge in [-0.25, -0.2) is 0 Å². The second-order valence-electron chi connectivity index (χ2n) is 13.7. The third kappa shape index (κ3) is 19.2. The summed E-state index contributed by atoms with van der Waals surface area (Å²) >= 11 is 0. The number of hydrogen-bond acceptors (Lipinski definition) is 10. The molecule has 0 aromatic carbocycles. The summed E-state index contributed by atoms with van der Waals surface area (Å²) in [5.41, 5.74) is 0. The van der Waals surface area contributed by atoms with E-state index in [1.165, 1.54) is 77.0 Å². The van der Waals surface area contributed by atoms with Crippen molar-refractivity contribution in [2.24, 2.45) is 0 Å². The number of unbranched alkanes of at least 4 members (excludes halogenated alkanes) is 18. The summed E-state index contributed by atoms with van der Waals surface area (Å²) in [7, 11) is 0. The molecule has 9 unspecified atom stereocenters. The smallest absolute Gasteiger partial charge is 0.249 e. The largest absolute Gasteiger partial charge is 0.394 e. The van der Waals surface area contributed by atoms with Crippen LogP contribution in [0.3, 0.4) is 0 Å². The molecule has 0 aromatic rings. The molecule has 0 aliphatic carbocycles. The first-order chi connectivity index (χ1) is 22.7. The van der Waals surface area contributed by atoms with E-state index in [9.17, 15) is 40.5 Å². The van der Waals surface area contributed by atoms with E-state index >= 15 is 0 Å². The van der Waals surface area contributed by atoms with Crippen molar-refractivity contribution in [2.45, 2.75) is 210 Å². The number of amides is 1. The van der Waals surface area contributed by atoms with Gasteiger partial charge in [-0.15, -0.1) is 0 Å². The van der Waals surface area contributed by atoms with Crippen molar-refractivity contribution in [2.75, 3.05) is 13.2 Å². The quantitative estimate of drug-likeness (QED) is 0.0516. The molecular weight excluding hydrogens is 606 g/mol. The van der Waals surface area contributed by atoms with E-state index in [4.69, 9.17) is 9.47 Å². The average molecular weight is 678 g/mol. The highest BCUT2D eigenvalue weighted by Gasteiger charge is 2.44. The van der Waals surface area contributed by atoms with Crippen LogP contribution in [0.4, 0.5) is 0 Å². The van der Waals surface area contributed by atoms with Gasteiger partial charge in [0.2, 0.25) is 5.91 Å². The van der Waals surface area contributed by atoms with Crippen molar-refractivity contribution >= 4 is 5.91 Å². The van der Waals surface area contributed by atoms with E-state index in [1.807, 2.05) is 0 Å². The van der Waals surface area contributed by atoms with Gasteiger partial charge in [0.05, 0.1) is 25.4 Å². The van der Waals surface area contributed by atoms with Gasteiger partial charge >= 0.3 is 0 Å². The Morgan fingerprint density at radius 1 is 0.660 bits per heavy atom. The van der Waals surface area contributed by atoms with Crippen LogP contribution < -0.4 is 5.32 Å². The predicted octanol–water partition coefficient (Wildman–Crippen LogP) is 3.99. The molecule has 47 heavy (non-hydrogen) atoms. The van der Waals surface area contributed by atoms with E-state index in [-0.39, 0.29) is 6.42 Å². The standard InChI is InChI=1S/C36H71NO10/c1-3-5-7-9-11-13-14-16-18-20-22-24-29(40)35(45)37-27(26-46-36-34(44)33(43)32(42)30(25-38)47-36)31(41)28(39)23-21-19-17-15-12-10-8-6-4-2/h27-34,36,38-44H,3-26H2,1-2H3,(H,37,45). The van der Waals surface area contributed by atoms with Crippen LogP contribution >= 0.6 is 0 Å². The van der Waals surface area contributed by atoms with Gasteiger partial charge in [0.15, 0.2) is 6.29 Å². The number of aliphatic hydroxyl groups is 7. The van der Waals surface area contributed by atoms with E-state index in [1.54, 1.807) is 0 Å². The topological polar surface area (TPSA) is 189 Å². The maximum Gasteiger partial charge on any atom is 0.249 e. The molecule has 0 radical (unpaired) electrons. The van der Waals surface area contributed by atoms with Crippen LogP contribution in [-0.2, 0) is 14.3 Å². The summed E-state index contributed by atoms with van der Waals surface area (Å²) in [6.45, 7) is 3.36. The van der Waals surface area contributed by atoms with Crippen LogP contribution in [0.5, 0.6) is 0 Å². The fraction of sp³-hybridized carbons (Fsp3) is 0.972. The monoisotopic (exact) mass is 678 g/mol. The Morgan fingerprint density at radius 2 is 1.11 bits per heavy atom. The van der Waals surface area contributed by atoms with E-state index in [0.717, 1.165) is 38.5 Å². The molecule has 8 N–H and O–H groups in total. The van der Waals surface area contributed by atoms with E-state index in [2.05, 4.69) is 19.2 Å². The third-order valence-electron chi connectivity index (χ3n) is 9.41. The number of nitrogens with one attached hydrogen (secondary N) is 1. The predicted molar refractivity (Wildman–Crippen MR) is 183 cm³/mol. The van der Waals surface area contributed by atoms with E-state index in [0.29, 0.717) is 19.3 Å². The minimum atomic E-state index is -1.65. The van der Waals surface area contributed by atoms with Crippen molar-refractivity contribution in [1.29, 1.82) is 0 Å². The molecule has 1 aliphatic heterocycles. The summed E-state index contributed by atoms with van der Waals surface area (Å²) in [6, 6.07) is -1.16. The second-order valence-corrected chi connectivity index (χ2v) is 13.7. The van der Waals surface area contributed by atoms with Gasteiger partial charge in [-0.3, -0.25) is 4.79 Å². The highest BCUT2D eigenvalue weighted by atomic mass is 16.7. The molecule has 280 valence electrons. The van der Waals surface area contributed by atoms with Gasteiger partial charge in [-0.2, -0.15) is 0 Å². The van der Waals surface area contributed by atoms with Gasteiger partial charge in [0, 0.05) is 0 Å². The van der Waals surface area contributed by atoms with Crippen molar-refractivity contribution in [3.63, 3.8) is 0 Å². The summed E-state index contributed by atoms with van der Waals surface area (Å²) in [4.78, 5) is 12.9. The molecule has 1 saturated heterocycles. The highest BCUT2D eigenvalue weighted by molar-refractivity contribution is 5.80. The van der Waals surface area contributed by atoms with Crippen LogP contribution in [0.25, 0.3) is 0 Å². The molecule has 0 bridgehead atoms. The summed E-state index contributed by atoms with van der Waals surface area (Å²) in [5.74, 6) is -0.700. The van der Waals surface area contributed by atoms with Crippen LogP contribution in [0.2, 0.25) is 0 Å². The molecule has 0 aromatic heterocycles. The van der Waals surface area contributed by atoms with Crippen molar-refractivity contribution in [1.82, 2.24) is 5.32 Å². The molecule has 11 nitrogen and oxygen atoms in total. The average Bonchev–Trinajstić information content (AvgIpc) is 3.07. The molecule has 9 atom stereocenters. The molecule has 1 aliphatic rings. The van der Waals surface area contributed by atoms with Crippen LogP contribution in [-0.4, -0.2) is 110 Å². The first-order valence-corrected chi connectivity index (χ1v) is 18.9. The number of aliphatic hydroxyl groups excluding tert-OH is 7. The van der Waals surface area contributed by atoms with Crippen LogP contribution in [0.15, 0.2) is 0 Å². The minimum absolute atomic E-state index is 0.264. The first-order valence-electron chi connectivity index (χ1n) is 18.9. The Hall–Kier alpha value is -0.890. The minimum Gasteiger partial charge on any atom is -0.394 e. The molecule has 1 fully saturated rings. The highest BCUT2D eigenvalue weighted by Crippen LogP contribution is 2.23. The number of hydrogen-bond donors (Lipinski definition) is 8. The zero-order valence-corrected chi connectivity index (χ0v) is 29.5. The zero-order valence-electron chi connectivity index (χ0n) is 29.5. The van der Waals surface area contributed by atoms with Gasteiger partial charge in [0.25, 0.3) is 0 Å². The lowest BCUT2D eigenvalue weighted by Crippen LogP contribution is -2.60. The number of ether oxygens (including phenoxy) is 2. The second kappa shape index (κ2) is 27.9. The molecule has 1 rings (SSSR count). The fourth-order valence-electron chi connectivity index (χ4n) is 6.14. The number of carbonyl (C=O) groups is 1. The van der Waals surface area contributed by atoms with Gasteiger partial charge < -0.3 is 50.5 Å². The Bertz CT molecular complexity index is 745. The summed E-state index contributed by atoms with van der Waals surface area (Å²) in [5, 5.41) is 75.0. The number of carbonyl (C=O) groups excluding carboxylic acids is 1. The molecule has 1 heterocycles. The van der Waals surface area contributed by atoms with Crippen molar-refractivity contribution in [3.05, 3.63) is 0 Å². The molecule has 11 heteroatoms. The molecule has 0 saturated carbocycles.